The lowest BCUT2D eigenvalue weighted by atomic mass is 10.1. The predicted molar refractivity (Wildman–Crippen MR) is 96.2 cm³/mol. The van der Waals surface area contributed by atoms with Crippen molar-refractivity contribution in [3.63, 3.8) is 0 Å². The molecule has 0 bridgehead atoms. The number of benzene rings is 2. The molecule has 0 saturated heterocycles. The molecule has 2 rings (SSSR count). The first kappa shape index (κ1) is 17.5. The molecule has 0 saturated carbocycles. The van der Waals surface area contributed by atoms with Crippen molar-refractivity contribution in [1.29, 1.82) is 0 Å². The fourth-order valence-electron chi connectivity index (χ4n) is 2.23. The highest BCUT2D eigenvalue weighted by atomic mass is 16.5. The Morgan fingerprint density at radius 1 is 1.00 bits per heavy atom. The van der Waals surface area contributed by atoms with Crippen molar-refractivity contribution in [1.82, 2.24) is 0 Å². The number of guanidine groups is 1. The van der Waals surface area contributed by atoms with E-state index in [1.54, 1.807) is 33.5 Å². The number of methoxy groups -OCH3 is 3. The summed E-state index contributed by atoms with van der Waals surface area (Å²) in [6.45, 7) is 2.44. The van der Waals surface area contributed by atoms with E-state index in [-0.39, 0.29) is 0 Å². The monoisotopic (exact) mass is 329 g/mol. The minimum absolute atomic E-state index is 0.293. The first-order valence-corrected chi connectivity index (χ1v) is 7.50. The van der Waals surface area contributed by atoms with Crippen LogP contribution in [0.5, 0.6) is 17.2 Å². The Labute approximate surface area is 142 Å². The second kappa shape index (κ2) is 8.10. The maximum Gasteiger partial charge on any atom is 0.193 e. The second-order valence-corrected chi connectivity index (χ2v) is 5.20. The largest absolute Gasteiger partial charge is 0.497 e. The van der Waals surface area contributed by atoms with Crippen molar-refractivity contribution in [2.24, 2.45) is 10.7 Å². The highest BCUT2D eigenvalue weighted by Gasteiger charge is 2.06. The molecule has 0 aliphatic rings. The lowest BCUT2D eigenvalue weighted by molar-refractivity contribution is 0.405. The van der Waals surface area contributed by atoms with Crippen molar-refractivity contribution in [3.8, 4) is 17.2 Å². The second-order valence-electron chi connectivity index (χ2n) is 5.20. The van der Waals surface area contributed by atoms with Gasteiger partial charge in [0.25, 0.3) is 0 Å². The average Bonchev–Trinajstić information content (AvgIpc) is 2.60. The number of aryl methyl sites for hydroxylation is 1. The summed E-state index contributed by atoms with van der Waals surface area (Å²) in [6, 6.07) is 11.4. The van der Waals surface area contributed by atoms with E-state index in [1.165, 1.54) is 0 Å². The fraction of sp³-hybridized carbons (Fsp3) is 0.278. The normalized spacial score (nSPS) is 11.1. The van der Waals surface area contributed by atoms with E-state index in [4.69, 9.17) is 19.9 Å². The molecule has 0 heterocycles. The van der Waals surface area contributed by atoms with Crippen LogP contribution in [0, 0.1) is 6.92 Å². The molecule has 2 aromatic rings. The number of hydrogen-bond donors (Lipinski definition) is 2. The maximum absolute atomic E-state index is 5.98. The molecule has 24 heavy (non-hydrogen) atoms. The van der Waals surface area contributed by atoms with Crippen molar-refractivity contribution in [2.45, 2.75) is 13.5 Å². The van der Waals surface area contributed by atoms with E-state index >= 15 is 0 Å². The third-order valence-electron chi connectivity index (χ3n) is 3.57. The van der Waals surface area contributed by atoms with Gasteiger partial charge in [-0.15, -0.1) is 0 Å². The van der Waals surface area contributed by atoms with Crippen LogP contribution in [0.2, 0.25) is 0 Å². The Hall–Kier alpha value is -2.89. The van der Waals surface area contributed by atoms with Crippen LogP contribution in [-0.2, 0) is 6.54 Å². The zero-order valence-electron chi connectivity index (χ0n) is 14.4. The van der Waals surface area contributed by atoms with Crippen molar-refractivity contribution in [3.05, 3.63) is 47.5 Å². The number of aliphatic imine (C=N–C) groups is 1. The Morgan fingerprint density at radius 3 is 2.42 bits per heavy atom. The Balaban J connectivity index is 2.12. The van der Waals surface area contributed by atoms with Gasteiger partial charge in [0.15, 0.2) is 5.96 Å². The molecule has 0 radical (unpaired) electrons. The molecule has 128 valence electrons. The number of nitrogens with one attached hydrogen (secondary N) is 1. The smallest absolute Gasteiger partial charge is 0.193 e. The highest BCUT2D eigenvalue weighted by Crippen LogP contribution is 2.28. The van der Waals surface area contributed by atoms with Crippen LogP contribution >= 0.6 is 0 Å². The van der Waals surface area contributed by atoms with Gasteiger partial charge in [-0.25, -0.2) is 4.99 Å². The number of hydrogen-bond acceptors (Lipinski definition) is 4. The van der Waals surface area contributed by atoms with Gasteiger partial charge in [-0.2, -0.15) is 0 Å². The number of nitrogens with two attached hydrogens (primary N) is 1. The number of nitrogens with zero attached hydrogens (tertiary/aromatic N) is 1. The number of ether oxygens (including phenoxy) is 3. The first-order chi connectivity index (χ1) is 11.6. The molecule has 0 fully saturated rings. The summed E-state index contributed by atoms with van der Waals surface area (Å²) in [5, 5.41) is 3.04. The van der Waals surface area contributed by atoms with Crippen LogP contribution in [0.15, 0.2) is 41.4 Å². The van der Waals surface area contributed by atoms with E-state index in [1.807, 2.05) is 31.2 Å². The highest BCUT2D eigenvalue weighted by molar-refractivity contribution is 5.94. The lowest BCUT2D eigenvalue weighted by Gasteiger charge is -2.12. The molecular weight excluding hydrogens is 306 g/mol. The minimum atomic E-state index is 0.293. The molecule has 0 aliphatic heterocycles. The molecule has 2 aromatic carbocycles. The molecule has 6 nitrogen and oxygen atoms in total. The third-order valence-corrected chi connectivity index (χ3v) is 3.57. The van der Waals surface area contributed by atoms with E-state index < -0.39 is 0 Å². The summed E-state index contributed by atoms with van der Waals surface area (Å²) in [7, 11) is 4.85. The van der Waals surface area contributed by atoms with Gasteiger partial charge >= 0.3 is 0 Å². The Kier molecular flexibility index (Phi) is 5.89. The van der Waals surface area contributed by atoms with Crippen LogP contribution in [0.1, 0.15) is 11.1 Å². The summed E-state index contributed by atoms with van der Waals surface area (Å²) in [5.41, 5.74) is 8.77. The van der Waals surface area contributed by atoms with Gasteiger partial charge in [0.2, 0.25) is 0 Å². The lowest BCUT2D eigenvalue weighted by Crippen LogP contribution is -2.23. The average molecular weight is 329 g/mol. The van der Waals surface area contributed by atoms with Gasteiger partial charge in [-0.3, -0.25) is 0 Å². The topological polar surface area (TPSA) is 78.1 Å². The summed E-state index contributed by atoms with van der Waals surface area (Å²) < 4.78 is 15.8. The molecule has 6 heteroatoms. The van der Waals surface area contributed by atoms with Crippen LogP contribution in [0.3, 0.4) is 0 Å². The van der Waals surface area contributed by atoms with Crippen LogP contribution in [-0.4, -0.2) is 27.3 Å². The molecule has 0 aliphatic carbocycles. The number of anilines is 1. The van der Waals surface area contributed by atoms with Crippen molar-refractivity contribution >= 4 is 11.6 Å². The van der Waals surface area contributed by atoms with Gasteiger partial charge in [0, 0.05) is 6.07 Å². The minimum Gasteiger partial charge on any atom is -0.497 e. The molecule has 0 spiro atoms. The van der Waals surface area contributed by atoms with E-state index in [9.17, 15) is 0 Å². The summed E-state index contributed by atoms with van der Waals surface area (Å²) in [4.78, 5) is 4.36. The SMILES string of the molecule is COc1ccc(OC)c(NC(N)=NCc2ccc(C)c(OC)c2)c1. The van der Waals surface area contributed by atoms with Gasteiger partial charge in [-0.05, 0) is 36.2 Å². The first-order valence-electron chi connectivity index (χ1n) is 7.50. The summed E-state index contributed by atoms with van der Waals surface area (Å²) in [5.74, 6) is 2.49. The van der Waals surface area contributed by atoms with E-state index in [0.717, 1.165) is 16.9 Å². The Morgan fingerprint density at radius 2 is 1.75 bits per heavy atom. The zero-order chi connectivity index (χ0) is 17.5. The van der Waals surface area contributed by atoms with Crippen molar-refractivity contribution < 1.29 is 14.2 Å². The van der Waals surface area contributed by atoms with E-state index in [2.05, 4.69) is 10.3 Å². The molecule has 0 aromatic heterocycles. The zero-order valence-corrected chi connectivity index (χ0v) is 14.4. The summed E-state index contributed by atoms with van der Waals surface area (Å²) >= 11 is 0. The van der Waals surface area contributed by atoms with Crippen LogP contribution < -0.4 is 25.3 Å². The van der Waals surface area contributed by atoms with Gasteiger partial charge in [0.1, 0.15) is 17.2 Å². The standard InChI is InChI=1S/C18H23N3O3/c1-12-5-6-13(9-17(12)24-4)11-20-18(19)21-15-10-14(22-2)7-8-16(15)23-3/h5-10H,11H2,1-4H3,(H3,19,20,21). The Bertz CT molecular complexity index is 729. The quantitative estimate of drug-likeness (QED) is 0.629. The molecule has 0 unspecified atom stereocenters. The molecule has 3 N–H and O–H groups in total. The molecular formula is C18H23N3O3. The van der Waals surface area contributed by atoms with Gasteiger partial charge < -0.3 is 25.3 Å². The van der Waals surface area contributed by atoms with Crippen LogP contribution in [0.4, 0.5) is 5.69 Å². The number of rotatable bonds is 6. The predicted octanol–water partition coefficient (Wildman–Crippen LogP) is 2.95. The van der Waals surface area contributed by atoms with Crippen LogP contribution in [0.25, 0.3) is 0 Å². The van der Waals surface area contributed by atoms with Crippen molar-refractivity contribution in [2.75, 3.05) is 26.6 Å². The fourth-order valence-corrected chi connectivity index (χ4v) is 2.23. The molecule has 0 amide bonds. The third kappa shape index (κ3) is 4.32. The summed E-state index contributed by atoms with van der Waals surface area (Å²) in [6.07, 6.45) is 0. The molecule has 0 atom stereocenters. The van der Waals surface area contributed by atoms with Gasteiger partial charge in [0.05, 0.1) is 33.6 Å². The van der Waals surface area contributed by atoms with E-state index in [0.29, 0.717) is 29.7 Å². The van der Waals surface area contributed by atoms with Gasteiger partial charge in [-0.1, -0.05) is 12.1 Å². The maximum atomic E-state index is 5.98.